The predicted molar refractivity (Wildman–Crippen MR) is 68.3 cm³/mol. The fourth-order valence-electron chi connectivity index (χ4n) is 1.65. The van der Waals surface area contributed by atoms with Crippen LogP contribution >= 0.6 is 11.6 Å². The molecule has 1 unspecified atom stereocenters. The zero-order valence-corrected chi connectivity index (χ0v) is 10.4. The second kappa shape index (κ2) is 5.59. The number of rotatable bonds is 3. The summed E-state index contributed by atoms with van der Waals surface area (Å²) in [6.45, 7) is 0. The van der Waals surface area contributed by atoms with E-state index in [1.807, 2.05) is 6.07 Å². The Bertz CT molecular complexity index is 652. The fourth-order valence-corrected chi connectivity index (χ4v) is 1.83. The van der Waals surface area contributed by atoms with Crippen molar-refractivity contribution in [1.29, 1.82) is 5.26 Å². The summed E-state index contributed by atoms with van der Waals surface area (Å²) in [7, 11) is 0. The maximum absolute atomic E-state index is 13.0. The highest BCUT2D eigenvalue weighted by atomic mass is 35.5. The van der Waals surface area contributed by atoms with Crippen LogP contribution in [0.5, 0.6) is 0 Å². The highest BCUT2D eigenvalue weighted by molar-refractivity contribution is 6.31. The van der Waals surface area contributed by atoms with Crippen LogP contribution in [0.25, 0.3) is 0 Å². The van der Waals surface area contributed by atoms with Crippen LogP contribution in [-0.4, -0.2) is 10.8 Å². The third kappa shape index (κ3) is 2.78. The van der Waals surface area contributed by atoms with Gasteiger partial charge in [0.25, 0.3) is 0 Å². The van der Waals surface area contributed by atoms with Gasteiger partial charge in [-0.15, -0.1) is 0 Å². The number of ketones is 1. The summed E-state index contributed by atoms with van der Waals surface area (Å²) in [4.78, 5) is 16.1. The van der Waals surface area contributed by atoms with E-state index in [9.17, 15) is 9.18 Å². The SMILES string of the molecule is N#CC(C(=O)c1ccc(F)c(Cl)c1)c1cccnc1. The average Bonchev–Trinajstić information content (AvgIpc) is 2.44. The van der Waals surface area contributed by atoms with E-state index in [-0.39, 0.29) is 10.6 Å². The van der Waals surface area contributed by atoms with Crippen LogP contribution in [0.4, 0.5) is 4.39 Å². The molecular weight excluding hydrogens is 267 g/mol. The lowest BCUT2D eigenvalue weighted by molar-refractivity contribution is 0.0978. The number of hydrogen-bond donors (Lipinski definition) is 0. The van der Waals surface area contributed by atoms with Gasteiger partial charge in [-0.1, -0.05) is 17.7 Å². The van der Waals surface area contributed by atoms with Crippen molar-refractivity contribution in [2.45, 2.75) is 5.92 Å². The van der Waals surface area contributed by atoms with Crippen LogP contribution in [0, 0.1) is 17.1 Å². The van der Waals surface area contributed by atoms with Crippen molar-refractivity contribution in [2.75, 3.05) is 0 Å². The maximum Gasteiger partial charge on any atom is 0.184 e. The minimum absolute atomic E-state index is 0.145. The molecule has 1 heterocycles. The lowest BCUT2D eigenvalue weighted by atomic mass is 9.93. The molecule has 0 bridgehead atoms. The van der Waals surface area contributed by atoms with Crippen LogP contribution in [0.3, 0.4) is 0 Å². The first-order valence-corrected chi connectivity index (χ1v) is 5.80. The van der Waals surface area contributed by atoms with Gasteiger partial charge in [0.05, 0.1) is 11.1 Å². The number of pyridine rings is 1. The largest absolute Gasteiger partial charge is 0.292 e. The Balaban J connectivity index is 2.37. The van der Waals surface area contributed by atoms with Crippen LogP contribution < -0.4 is 0 Å². The van der Waals surface area contributed by atoms with E-state index in [0.717, 1.165) is 6.07 Å². The van der Waals surface area contributed by atoms with E-state index in [1.54, 1.807) is 18.3 Å². The van der Waals surface area contributed by atoms with E-state index in [4.69, 9.17) is 16.9 Å². The number of carbonyl (C=O) groups excluding carboxylic acids is 1. The minimum Gasteiger partial charge on any atom is -0.292 e. The maximum atomic E-state index is 13.0. The van der Waals surface area contributed by atoms with Crippen LogP contribution in [-0.2, 0) is 0 Å². The number of nitrogens with zero attached hydrogens (tertiary/aromatic N) is 2. The lowest BCUT2D eigenvalue weighted by Crippen LogP contribution is -2.11. The molecule has 0 saturated heterocycles. The quantitative estimate of drug-likeness (QED) is 0.807. The number of halogens is 2. The van der Waals surface area contributed by atoms with E-state index >= 15 is 0 Å². The van der Waals surface area contributed by atoms with Crippen molar-refractivity contribution in [3.05, 3.63) is 64.7 Å². The van der Waals surface area contributed by atoms with Gasteiger partial charge in [-0.3, -0.25) is 9.78 Å². The number of Topliss-reactive ketones (excluding diaryl/α,β-unsaturated/α-hetero) is 1. The number of aromatic nitrogens is 1. The summed E-state index contributed by atoms with van der Waals surface area (Å²) in [6, 6.07) is 8.85. The van der Waals surface area contributed by atoms with Crippen molar-refractivity contribution in [3.63, 3.8) is 0 Å². The van der Waals surface area contributed by atoms with E-state index < -0.39 is 17.5 Å². The molecule has 1 atom stereocenters. The number of benzene rings is 1. The van der Waals surface area contributed by atoms with Gasteiger partial charge in [-0.2, -0.15) is 5.26 Å². The Labute approximate surface area is 114 Å². The summed E-state index contributed by atoms with van der Waals surface area (Å²) in [5.41, 5.74) is 0.692. The standard InChI is InChI=1S/C14H8ClFN2O/c15-12-6-9(3-4-13(12)16)14(19)11(7-17)10-2-1-5-18-8-10/h1-6,8,11H. The van der Waals surface area contributed by atoms with Crippen LogP contribution in [0.1, 0.15) is 21.8 Å². The highest BCUT2D eigenvalue weighted by Gasteiger charge is 2.22. The topological polar surface area (TPSA) is 53.8 Å². The molecule has 0 radical (unpaired) electrons. The van der Waals surface area contributed by atoms with E-state index in [0.29, 0.717) is 5.56 Å². The average molecular weight is 275 g/mol. The van der Waals surface area contributed by atoms with Crippen molar-refractivity contribution in [1.82, 2.24) is 4.98 Å². The second-order valence-corrected chi connectivity index (χ2v) is 4.25. The summed E-state index contributed by atoms with van der Waals surface area (Å²) >= 11 is 5.63. The monoisotopic (exact) mass is 274 g/mol. The molecule has 0 fully saturated rings. The molecular formula is C14H8ClFN2O. The second-order valence-electron chi connectivity index (χ2n) is 3.84. The first-order chi connectivity index (χ1) is 9.13. The first kappa shape index (κ1) is 13.2. The zero-order chi connectivity index (χ0) is 13.8. The van der Waals surface area contributed by atoms with Gasteiger partial charge in [0, 0.05) is 18.0 Å². The molecule has 19 heavy (non-hydrogen) atoms. The molecule has 2 rings (SSSR count). The van der Waals surface area contributed by atoms with Gasteiger partial charge < -0.3 is 0 Å². The molecule has 5 heteroatoms. The van der Waals surface area contributed by atoms with Crippen LogP contribution in [0.2, 0.25) is 5.02 Å². The molecule has 0 N–H and O–H groups in total. The van der Waals surface area contributed by atoms with Gasteiger partial charge in [-0.25, -0.2) is 4.39 Å². The number of nitriles is 1. The van der Waals surface area contributed by atoms with E-state index in [1.165, 1.54) is 18.3 Å². The molecule has 0 spiro atoms. The molecule has 1 aromatic heterocycles. The summed E-state index contributed by atoms with van der Waals surface area (Å²) in [5.74, 6) is -2.01. The van der Waals surface area contributed by atoms with E-state index in [2.05, 4.69) is 4.98 Å². The molecule has 0 aliphatic heterocycles. The van der Waals surface area contributed by atoms with Crippen molar-refractivity contribution in [3.8, 4) is 6.07 Å². The highest BCUT2D eigenvalue weighted by Crippen LogP contribution is 2.23. The molecule has 2 aromatic rings. The molecule has 0 aliphatic rings. The lowest BCUT2D eigenvalue weighted by Gasteiger charge is -2.08. The van der Waals surface area contributed by atoms with Crippen molar-refractivity contribution >= 4 is 17.4 Å². The van der Waals surface area contributed by atoms with Gasteiger partial charge in [0.15, 0.2) is 5.78 Å². The Morgan fingerprint density at radius 2 is 2.21 bits per heavy atom. The fraction of sp³-hybridized carbons (Fsp3) is 0.0714. The molecule has 0 amide bonds. The summed E-state index contributed by atoms with van der Waals surface area (Å²) in [5, 5.41) is 8.98. The Hall–Kier alpha value is -2.25. The Kier molecular flexibility index (Phi) is 3.88. The predicted octanol–water partition coefficient (Wildman–Crippen LogP) is 3.36. The normalized spacial score (nSPS) is 11.6. The zero-order valence-electron chi connectivity index (χ0n) is 9.68. The summed E-state index contributed by atoms with van der Waals surface area (Å²) < 4.78 is 13.0. The molecule has 0 saturated carbocycles. The third-order valence-corrected chi connectivity index (χ3v) is 2.90. The molecule has 0 aliphatic carbocycles. The number of hydrogen-bond acceptors (Lipinski definition) is 3. The van der Waals surface area contributed by atoms with Gasteiger partial charge in [0.1, 0.15) is 11.7 Å². The number of carbonyl (C=O) groups is 1. The van der Waals surface area contributed by atoms with Crippen LogP contribution in [0.15, 0.2) is 42.7 Å². The molecule has 94 valence electrons. The Morgan fingerprint density at radius 1 is 1.42 bits per heavy atom. The van der Waals surface area contributed by atoms with Crippen molar-refractivity contribution < 1.29 is 9.18 Å². The smallest absolute Gasteiger partial charge is 0.184 e. The third-order valence-electron chi connectivity index (χ3n) is 2.61. The summed E-state index contributed by atoms with van der Waals surface area (Å²) in [6.07, 6.45) is 3.01. The van der Waals surface area contributed by atoms with Gasteiger partial charge in [0.2, 0.25) is 0 Å². The molecule has 3 nitrogen and oxygen atoms in total. The van der Waals surface area contributed by atoms with Crippen molar-refractivity contribution in [2.24, 2.45) is 0 Å². The molecule has 1 aromatic carbocycles. The van der Waals surface area contributed by atoms with Gasteiger partial charge >= 0.3 is 0 Å². The minimum atomic E-state index is -0.977. The van der Waals surface area contributed by atoms with Gasteiger partial charge in [-0.05, 0) is 29.8 Å². The Morgan fingerprint density at radius 3 is 2.79 bits per heavy atom. The first-order valence-electron chi connectivity index (χ1n) is 5.42.